The molecule has 0 aliphatic carbocycles. The van der Waals surface area contributed by atoms with Gasteiger partial charge in [0, 0.05) is 21.2 Å². The smallest absolute Gasteiger partial charge is 0.412 e. The van der Waals surface area contributed by atoms with Gasteiger partial charge in [-0.25, -0.2) is 14.3 Å². The summed E-state index contributed by atoms with van der Waals surface area (Å²) < 4.78 is 23.3. The van der Waals surface area contributed by atoms with E-state index >= 15 is 0 Å². The van der Waals surface area contributed by atoms with Gasteiger partial charge in [0.2, 0.25) is 11.6 Å². The number of hydrazone groups is 1. The van der Waals surface area contributed by atoms with Crippen molar-refractivity contribution in [2.45, 2.75) is 39.3 Å². The minimum absolute atomic E-state index is 0.137. The van der Waals surface area contributed by atoms with Gasteiger partial charge in [0.1, 0.15) is 18.5 Å². The molecule has 0 atom stereocenters. The maximum absolute atomic E-state index is 11.9. The molecule has 0 fully saturated rings. The van der Waals surface area contributed by atoms with Crippen LogP contribution in [0.15, 0.2) is 35.4 Å². The molecule has 2 aromatic carbocycles. The van der Waals surface area contributed by atoms with E-state index in [9.17, 15) is 14.9 Å². The second kappa shape index (κ2) is 13.7. The number of carbonyl (C=O) groups excluding carboxylic acids is 2. The summed E-state index contributed by atoms with van der Waals surface area (Å²) in [6.07, 6.45) is -1.36. The molecular formula is C26H30Cl2N6O6Si. The molecule has 12 nitrogen and oxygen atoms in total. The zero-order chi connectivity index (χ0) is 30.3. The van der Waals surface area contributed by atoms with E-state index in [2.05, 4.69) is 34.6 Å². The third-order valence-electron chi connectivity index (χ3n) is 5.61. The van der Waals surface area contributed by atoms with Gasteiger partial charge >= 0.3 is 12.1 Å². The molecule has 1 amide bonds. The topological polar surface area (TPSA) is 154 Å². The highest BCUT2D eigenvalue weighted by Gasteiger charge is 2.20. The number of primary amides is 1. The number of anilines is 1. The molecule has 2 N–H and O–H groups in total. The molecule has 0 unspecified atom stereocenters. The summed E-state index contributed by atoms with van der Waals surface area (Å²) in [6.45, 7) is 9.75. The van der Waals surface area contributed by atoms with Crippen LogP contribution >= 0.6 is 23.2 Å². The Morgan fingerprint density at radius 3 is 2.44 bits per heavy atom. The monoisotopic (exact) mass is 620 g/mol. The number of esters is 1. The number of nitriles is 1. The molecule has 3 aromatic rings. The Bertz CT molecular complexity index is 1490. The molecule has 1 aromatic heterocycles. The molecule has 1 heterocycles. The number of aromatic nitrogens is 2. The summed E-state index contributed by atoms with van der Waals surface area (Å²) in [7, 11) is 0.324. The maximum Gasteiger partial charge on any atom is 0.412 e. The van der Waals surface area contributed by atoms with Crippen molar-refractivity contribution in [3.8, 4) is 23.4 Å². The lowest BCUT2D eigenvalue weighted by Crippen LogP contribution is -2.27. The number of fused-ring (bicyclic) bond motifs is 1. The summed E-state index contributed by atoms with van der Waals surface area (Å²) in [5, 5.41) is 20.0. The summed E-state index contributed by atoms with van der Waals surface area (Å²) in [4.78, 5) is 22.8. The van der Waals surface area contributed by atoms with Gasteiger partial charge in [-0.1, -0.05) is 42.8 Å². The summed E-state index contributed by atoms with van der Waals surface area (Å²) in [6, 6.07) is 11.0. The molecule has 218 valence electrons. The number of nitrogens with two attached hydrogens (primary N) is 1. The van der Waals surface area contributed by atoms with Crippen LogP contribution in [0.2, 0.25) is 35.7 Å². The van der Waals surface area contributed by atoms with Crippen molar-refractivity contribution in [1.82, 2.24) is 9.78 Å². The Morgan fingerprint density at radius 2 is 1.88 bits per heavy atom. The number of nitrogens with zero attached hydrogens (tertiary/aromatic N) is 5. The molecule has 0 aliphatic heterocycles. The fourth-order valence-corrected chi connectivity index (χ4v) is 4.87. The zero-order valence-electron chi connectivity index (χ0n) is 23.2. The second-order valence-corrected chi connectivity index (χ2v) is 16.3. The molecule has 0 aliphatic rings. The first-order valence-electron chi connectivity index (χ1n) is 12.4. The van der Waals surface area contributed by atoms with E-state index < -0.39 is 25.8 Å². The number of rotatable bonds is 12. The van der Waals surface area contributed by atoms with Crippen LogP contribution in [0.3, 0.4) is 0 Å². The van der Waals surface area contributed by atoms with Crippen LogP contribution in [0, 0.1) is 11.3 Å². The predicted octanol–water partition coefficient (Wildman–Crippen LogP) is 5.78. The normalized spacial score (nSPS) is 11.7. The Labute approximate surface area is 248 Å². The standard InChI is InChI=1S/C26H30Cl2N6O6Si/c1-6-33(31-21(14-29)25(35)40-26(30)36)16-11-19(27)23(20(28)12-16)39-17-7-8-22-18(13-17)24(37-2)32-34(22)15-38-9-10-41(3,4)5/h7-8,11-13H,6,9-10,15H2,1-5H3,(H2,30,36). The molecular weight excluding hydrogens is 591 g/mol. The number of ether oxygens (including phenoxy) is 4. The number of hydrogen-bond donors (Lipinski definition) is 1. The van der Waals surface area contributed by atoms with Gasteiger partial charge in [-0.05, 0) is 43.3 Å². The van der Waals surface area contributed by atoms with Crippen molar-refractivity contribution in [2.75, 3.05) is 25.3 Å². The molecule has 0 saturated carbocycles. The van der Waals surface area contributed by atoms with E-state index in [1.807, 2.05) is 6.07 Å². The number of halogens is 2. The van der Waals surface area contributed by atoms with Crippen LogP contribution in [0.1, 0.15) is 6.92 Å². The Morgan fingerprint density at radius 1 is 1.20 bits per heavy atom. The van der Waals surface area contributed by atoms with E-state index in [1.165, 1.54) is 24.3 Å². The largest absolute Gasteiger partial charge is 0.479 e. The Balaban J connectivity index is 1.85. The molecule has 15 heteroatoms. The number of amides is 1. The first kappa shape index (κ1) is 31.7. The first-order valence-corrected chi connectivity index (χ1v) is 16.9. The van der Waals surface area contributed by atoms with Gasteiger partial charge in [0.25, 0.3) is 0 Å². The SMILES string of the molecule is CCN(N=C(C#N)C(=O)OC(N)=O)c1cc(Cl)c(Oc2ccc3c(c2)c(OC)nn3COCC[Si](C)(C)C)c(Cl)c1. The van der Waals surface area contributed by atoms with Crippen molar-refractivity contribution >= 4 is 65.6 Å². The number of methoxy groups -OCH3 is 1. The Hall–Kier alpha value is -3.83. The van der Waals surface area contributed by atoms with Crippen molar-refractivity contribution in [2.24, 2.45) is 10.8 Å². The molecule has 0 spiro atoms. The van der Waals surface area contributed by atoms with Crippen LogP contribution < -0.4 is 20.2 Å². The maximum atomic E-state index is 11.9. The average Bonchev–Trinajstić information content (AvgIpc) is 3.25. The highest BCUT2D eigenvalue weighted by Crippen LogP contribution is 2.41. The van der Waals surface area contributed by atoms with Gasteiger partial charge in [0.05, 0.1) is 33.7 Å². The van der Waals surface area contributed by atoms with Gasteiger partial charge in [-0.15, -0.1) is 5.10 Å². The molecule has 0 saturated heterocycles. The van der Waals surface area contributed by atoms with E-state index in [0.29, 0.717) is 29.3 Å². The lowest BCUT2D eigenvalue weighted by Gasteiger charge is -2.19. The quantitative estimate of drug-likeness (QED) is 0.0661. The van der Waals surface area contributed by atoms with Crippen LogP contribution in [0.5, 0.6) is 17.4 Å². The first-order chi connectivity index (χ1) is 19.4. The van der Waals surface area contributed by atoms with E-state index in [1.54, 1.807) is 29.8 Å². The predicted molar refractivity (Wildman–Crippen MR) is 159 cm³/mol. The Kier molecular flexibility index (Phi) is 10.6. The number of carbonyl (C=O) groups is 2. The average molecular weight is 622 g/mol. The van der Waals surface area contributed by atoms with Gasteiger partial charge in [-0.3, -0.25) is 5.01 Å². The van der Waals surface area contributed by atoms with Crippen LogP contribution in [-0.2, 0) is 21.0 Å². The van der Waals surface area contributed by atoms with Crippen molar-refractivity contribution in [3.63, 3.8) is 0 Å². The zero-order valence-corrected chi connectivity index (χ0v) is 25.7. The van der Waals surface area contributed by atoms with E-state index in [-0.39, 0.29) is 29.1 Å². The lowest BCUT2D eigenvalue weighted by molar-refractivity contribution is -0.129. The van der Waals surface area contributed by atoms with Crippen LogP contribution in [0.25, 0.3) is 10.9 Å². The van der Waals surface area contributed by atoms with Crippen molar-refractivity contribution in [1.29, 1.82) is 5.26 Å². The lowest BCUT2D eigenvalue weighted by atomic mass is 10.2. The fraction of sp³-hybridized carbons (Fsp3) is 0.346. The number of hydrogen-bond acceptors (Lipinski definition) is 10. The second-order valence-electron chi connectivity index (χ2n) is 9.86. The number of benzene rings is 2. The minimum Gasteiger partial charge on any atom is -0.479 e. The van der Waals surface area contributed by atoms with Crippen molar-refractivity contribution in [3.05, 3.63) is 40.4 Å². The third kappa shape index (κ3) is 8.34. The van der Waals surface area contributed by atoms with Gasteiger partial charge in [-0.2, -0.15) is 10.4 Å². The highest BCUT2D eigenvalue weighted by atomic mass is 35.5. The van der Waals surface area contributed by atoms with Crippen LogP contribution in [-0.4, -0.2) is 55.9 Å². The molecule has 0 bridgehead atoms. The van der Waals surface area contributed by atoms with Crippen molar-refractivity contribution < 1.29 is 28.5 Å². The van der Waals surface area contributed by atoms with E-state index in [0.717, 1.165) is 11.6 Å². The van der Waals surface area contributed by atoms with Crippen LogP contribution in [0.4, 0.5) is 10.5 Å². The fourth-order valence-electron chi connectivity index (χ4n) is 3.56. The van der Waals surface area contributed by atoms with Gasteiger partial charge < -0.3 is 24.7 Å². The van der Waals surface area contributed by atoms with E-state index in [4.69, 9.17) is 43.1 Å². The summed E-state index contributed by atoms with van der Waals surface area (Å²) in [5.41, 5.74) is 5.30. The molecule has 0 radical (unpaired) electrons. The summed E-state index contributed by atoms with van der Waals surface area (Å²) in [5.74, 6) is -0.279. The molecule has 3 rings (SSSR count). The highest BCUT2D eigenvalue weighted by molar-refractivity contribution is 6.76. The van der Waals surface area contributed by atoms with Gasteiger partial charge in [0.15, 0.2) is 5.75 Å². The summed E-state index contributed by atoms with van der Waals surface area (Å²) >= 11 is 13.0. The minimum atomic E-state index is -1.36. The molecule has 41 heavy (non-hydrogen) atoms. The third-order valence-corrected chi connectivity index (χ3v) is 7.87.